The second-order valence-electron chi connectivity index (χ2n) is 6.10. The van der Waals surface area contributed by atoms with E-state index >= 15 is 0 Å². The Morgan fingerprint density at radius 1 is 1.12 bits per heavy atom. The smallest absolute Gasteiger partial charge is 0.252 e. The first-order valence-corrected chi connectivity index (χ1v) is 8.15. The lowest BCUT2D eigenvalue weighted by Gasteiger charge is -2.36. The fraction of sp³-hybridized carbons (Fsp3) is 0.278. The number of amides is 1. The number of piperidine rings is 1. The zero-order chi connectivity index (χ0) is 16.4. The third-order valence-electron chi connectivity index (χ3n) is 4.66. The minimum Gasteiger partial charge on any atom is -0.324 e. The Labute approximate surface area is 164 Å². The van der Waals surface area contributed by atoms with E-state index in [1.807, 2.05) is 42.6 Å². The highest BCUT2D eigenvalue weighted by atomic mass is 35.5. The van der Waals surface area contributed by atoms with Gasteiger partial charge in [0, 0.05) is 29.7 Å². The zero-order valence-electron chi connectivity index (χ0n) is 14.1. The van der Waals surface area contributed by atoms with Crippen LogP contribution in [0.2, 0.25) is 0 Å². The van der Waals surface area contributed by atoms with Crippen molar-refractivity contribution in [1.29, 1.82) is 0 Å². The molecule has 0 bridgehead atoms. The molecule has 1 aromatic carbocycles. The molecule has 0 spiro atoms. The molecule has 138 valence electrons. The summed E-state index contributed by atoms with van der Waals surface area (Å²) >= 11 is 0. The highest BCUT2D eigenvalue weighted by Crippen LogP contribution is 2.29. The largest absolute Gasteiger partial charge is 0.324 e. The molecule has 0 unspecified atom stereocenters. The summed E-state index contributed by atoms with van der Waals surface area (Å²) < 4.78 is 1.80. The van der Waals surface area contributed by atoms with Crippen molar-refractivity contribution in [3.63, 3.8) is 0 Å². The lowest BCUT2D eigenvalue weighted by atomic mass is 9.87. The van der Waals surface area contributed by atoms with Gasteiger partial charge in [-0.05, 0) is 56.3 Å². The van der Waals surface area contributed by atoms with Crippen LogP contribution in [0.5, 0.6) is 0 Å². The maximum atomic E-state index is 13.1. The van der Waals surface area contributed by atoms with E-state index in [4.69, 9.17) is 0 Å². The fourth-order valence-corrected chi connectivity index (χ4v) is 3.32. The Morgan fingerprint density at radius 3 is 2.65 bits per heavy atom. The second-order valence-corrected chi connectivity index (χ2v) is 6.10. The first-order valence-electron chi connectivity index (χ1n) is 8.15. The molecule has 4 rings (SSSR count). The molecular weight excluding hydrogens is 373 g/mol. The molecule has 0 saturated carbocycles. The van der Waals surface area contributed by atoms with Crippen molar-refractivity contribution < 1.29 is 4.79 Å². The Morgan fingerprint density at radius 2 is 1.92 bits per heavy atom. The van der Waals surface area contributed by atoms with E-state index in [1.165, 1.54) is 0 Å². The van der Waals surface area contributed by atoms with Gasteiger partial charge in [0.2, 0.25) is 0 Å². The predicted molar refractivity (Wildman–Crippen MR) is 107 cm³/mol. The number of hydrogen-bond acceptors (Lipinski definition) is 4. The number of halogens is 2. The molecule has 1 saturated heterocycles. The molecule has 2 N–H and O–H groups in total. The Bertz CT molecular complexity index is 863. The van der Waals surface area contributed by atoms with Gasteiger partial charge in [-0.3, -0.25) is 14.5 Å². The molecule has 0 atom stereocenters. The predicted octanol–water partition coefficient (Wildman–Crippen LogP) is 2.99. The van der Waals surface area contributed by atoms with Gasteiger partial charge in [-0.15, -0.1) is 24.8 Å². The number of carbonyl (C=O) groups is 1. The summed E-state index contributed by atoms with van der Waals surface area (Å²) in [6.07, 6.45) is 6.79. The number of nitrogens with zero attached hydrogens (tertiary/aromatic N) is 3. The number of carbonyl (C=O) groups excluding carboxylic acids is 1. The molecule has 2 aromatic heterocycles. The molecule has 0 radical (unpaired) electrons. The lowest BCUT2D eigenvalue weighted by Crippen LogP contribution is -2.52. The van der Waals surface area contributed by atoms with Gasteiger partial charge >= 0.3 is 0 Å². The number of fused-ring (bicyclic) bond motifs is 1. The number of rotatable bonds is 3. The van der Waals surface area contributed by atoms with Gasteiger partial charge < -0.3 is 10.6 Å². The summed E-state index contributed by atoms with van der Waals surface area (Å²) in [6, 6.07) is 11.5. The van der Waals surface area contributed by atoms with E-state index in [2.05, 4.69) is 20.7 Å². The SMILES string of the molecule is Cl.Cl.O=C(Nc1ccc2ncccc2c1)C1(n2cccn2)CCNCC1. The maximum absolute atomic E-state index is 13.1. The van der Waals surface area contributed by atoms with Crippen molar-refractivity contribution in [3.05, 3.63) is 55.0 Å². The molecule has 3 heterocycles. The summed E-state index contributed by atoms with van der Waals surface area (Å²) in [6.45, 7) is 1.60. The van der Waals surface area contributed by atoms with Gasteiger partial charge in [-0.1, -0.05) is 6.07 Å². The molecule has 8 heteroatoms. The standard InChI is InChI=1S/C18H19N5O.2ClH/c24-17(18(6-10-19-11-7-18)23-12-2-9-21-23)22-15-4-5-16-14(13-15)3-1-8-20-16;;/h1-5,8-9,12-13,19H,6-7,10-11H2,(H,22,24);2*1H. The van der Waals surface area contributed by atoms with Gasteiger partial charge in [0.15, 0.2) is 0 Å². The minimum atomic E-state index is -0.640. The maximum Gasteiger partial charge on any atom is 0.252 e. The van der Waals surface area contributed by atoms with E-state index < -0.39 is 5.54 Å². The highest BCUT2D eigenvalue weighted by Gasteiger charge is 2.42. The number of nitrogens with one attached hydrogen (secondary N) is 2. The number of pyridine rings is 1. The van der Waals surface area contributed by atoms with Crippen molar-refractivity contribution in [2.75, 3.05) is 18.4 Å². The van der Waals surface area contributed by atoms with Gasteiger partial charge in [0.25, 0.3) is 5.91 Å². The Balaban J connectivity index is 0.00000121. The molecular formula is C18H21Cl2N5O. The number of aromatic nitrogens is 3. The second kappa shape index (κ2) is 8.49. The van der Waals surface area contributed by atoms with E-state index in [0.717, 1.165) is 42.5 Å². The monoisotopic (exact) mass is 393 g/mol. The first kappa shape index (κ1) is 20.2. The third kappa shape index (κ3) is 3.67. The number of benzene rings is 1. The molecule has 1 aliphatic rings. The van der Waals surface area contributed by atoms with Crippen molar-refractivity contribution in [2.45, 2.75) is 18.4 Å². The van der Waals surface area contributed by atoms with E-state index in [1.54, 1.807) is 17.1 Å². The average molecular weight is 394 g/mol. The Hall–Kier alpha value is -2.15. The lowest BCUT2D eigenvalue weighted by molar-refractivity contribution is -0.126. The minimum absolute atomic E-state index is 0. The van der Waals surface area contributed by atoms with Crippen LogP contribution in [0.25, 0.3) is 10.9 Å². The van der Waals surface area contributed by atoms with E-state index in [9.17, 15) is 4.79 Å². The first-order chi connectivity index (χ1) is 11.8. The average Bonchev–Trinajstić information content (AvgIpc) is 3.17. The summed E-state index contributed by atoms with van der Waals surface area (Å²) in [5.74, 6) is -0.0176. The molecule has 1 aliphatic heterocycles. The van der Waals surface area contributed by atoms with Gasteiger partial charge in [-0.25, -0.2) is 0 Å². The molecule has 1 fully saturated rings. The fourth-order valence-electron chi connectivity index (χ4n) is 3.32. The molecule has 3 aromatic rings. The number of hydrogen-bond donors (Lipinski definition) is 2. The van der Waals surface area contributed by atoms with Crippen LogP contribution in [-0.2, 0) is 10.3 Å². The summed E-state index contributed by atoms with van der Waals surface area (Å²) in [4.78, 5) is 17.4. The van der Waals surface area contributed by atoms with Crippen LogP contribution in [0, 0.1) is 0 Å². The summed E-state index contributed by atoms with van der Waals surface area (Å²) in [5.41, 5.74) is 1.06. The third-order valence-corrected chi connectivity index (χ3v) is 4.66. The van der Waals surface area contributed by atoms with Crippen molar-refractivity contribution in [3.8, 4) is 0 Å². The van der Waals surface area contributed by atoms with Gasteiger partial charge in [-0.2, -0.15) is 5.10 Å². The van der Waals surface area contributed by atoms with Crippen LogP contribution < -0.4 is 10.6 Å². The quantitative estimate of drug-likeness (QED) is 0.717. The van der Waals surface area contributed by atoms with Gasteiger partial charge in [0.1, 0.15) is 5.54 Å². The van der Waals surface area contributed by atoms with Crippen LogP contribution in [0.4, 0.5) is 5.69 Å². The molecule has 6 nitrogen and oxygen atoms in total. The highest BCUT2D eigenvalue weighted by molar-refractivity contribution is 5.98. The van der Waals surface area contributed by atoms with Gasteiger partial charge in [0.05, 0.1) is 5.52 Å². The van der Waals surface area contributed by atoms with Crippen molar-refractivity contribution in [1.82, 2.24) is 20.1 Å². The topological polar surface area (TPSA) is 71.8 Å². The van der Waals surface area contributed by atoms with Crippen LogP contribution >= 0.6 is 24.8 Å². The van der Waals surface area contributed by atoms with Crippen LogP contribution in [-0.4, -0.2) is 33.8 Å². The van der Waals surface area contributed by atoms with Crippen LogP contribution in [0.15, 0.2) is 55.0 Å². The normalized spacial score (nSPS) is 15.5. The van der Waals surface area contributed by atoms with Crippen LogP contribution in [0.3, 0.4) is 0 Å². The molecule has 26 heavy (non-hydrogen) atoms. The Kier molecular flexibility index (Phi) is 6.58. The van der Waals surface area contributed by atoms with Crippen LogP contribution in [0.1, 0.15) is 12.8 Å². The summed E-state index contributed by atoms with van der Waals surface area (Å²) in [7, 11) is 0. The molecule has 0 aliphatic carbocycles. The van der Waals surface area contributed by atoms with Crippen molar-refractivity contribution in [2.24, 2.45) is 0 Å². The molecule has 1 amide bonds. The van der Waals surface area contributed by atoms with E-state index in [-0.39, 0.29) is 30.7 Å². The zero-order valence-corrected chi connectivity index (χ0v) is 15.7. The van der Waals surface area contributed by atoms with Crippen molar-refractivity contribution >= 4 is 47.3 Å². The number of anilines is 1. The summed E-state index contributed by atoms with van der Waals surface area (Å²) in [5, 5.41) is 11.7. The van der Waals surface area contributed by atoms with E-state index in [0.29, 0.717) is 0 Å².